The van der Waals surface area contributed by atoms with E-state index < -0.39 is 5.82 Å². The van der Waals surface area contributed by atoms with E-state index in [-0.39, 0.29) is 11.9 Å². The fourth-order valence-electron chi connectivity index (χ4n) is 4.05. The first kappa shape index (κ1) is 16.3. The summed E-state index contributed by atoms with van der Waals surface area (Å²) < 4.78 is 20.0. The third-order valence-corrected chi connectivity index (χ3v) is 5.46. The number of amides is 1. The maximum atomic E-state index is 14.8. The Labute approximate surface area is 155 Å². The number of hydrazine groups is 1. The lowest BCUT2D eigenvalue weighted by Crippen LogP contribution is -2.38. The van der Waals surface area contributed by atoms with Crippen LogP contribution in [-0.2, 0) is 0 Å². The van der Waals surface area contributed by atoms with Gasteiger partial charge in [0, 0.05) is 24.7 Å². The van der Waals surface area contributed by atoms with E-state index in [1.165, 1.54) is 6.07 Å². The molecule has 1 N–H and O–H groups in total. The molecule has 3 aromatic rings. The Balaban J connectivity index is 1.47. The van der Waals surface area contributed by atoms with Crippen molar-refractivity contribution in [2.24, 2.45) is 0 Å². The van der Waals surface area contributed by atoms with E-state index >= 15 is 0 Å². The van der Waals surface area contributed by atoms with Gasteiger partial charge in [-0.05, 0) is 43.2 Å². The molecule has 2 bridgehead atoms. The van der Waals surface area contributed by atoms with Crippen molar-refractivity contribution in [2.75, 3.05) is 20.2 Å². The number of rotatable bonds is 3. The van der Waals surface area contributed by atoms with Gasteiger partial charge in [-0.25, -0.2) is 14.4 Å². The maximum Gasteiger partial charge on any atom is 0.268 e. The van der Waals surface area contributed by atoms with E-state index in [0.29, 0.717) is 22.7 Å². The van der Waals surface area contributed by atoms with Crippen molar-refractivity contribution in [3.63, 3.8) is 0 Å². The summed E-state index contributed by atoms with van der Waals surface area (Å²) >= 11 is 0. The van der Waals surface area contributed by atoms with Crippen LogP contribution in [0.5, 0.6) is 5.75 Å². The molecule has 0 spiro atoms. The Morgan fingerprint density at radius 2 is 2.04 bits per heavy atom. The zero-order valence-corrected chi connectivity index (χ0v) is 14.9. The van der Waals surface area contributed by atoms with E-state index in [2.05, 4.69) is 15.0 Å². The van der Waals surface area contributed by atoms with Crippen LogP contribution in [0.3, 0.4) is 0 Å². The summed E-state index contributed by atoms with van der Waals surface area (Å²) in [6.45, 7) is 1.80. The minimum Gasteiger partial charge on any atom is -0.497 e. The number of hydrogen-bond acceptors (Lipinski definition) is 4. The van der Waals surface area contributed by atoms with Gasteiger partial charge in [-0.3, -0.25) is 9.80 Å². The number of carbonyl (C=O) groups excluding carboxylic acids is 1. The topological polar surface area (TPSA) is 61.5 Å². The first-order valence-corrected chi connectivity index (χ1v) is 9.06. The molecule has 5 rings (SSSR count). The number of imidazole rings is 1. The average Bonchev–Trinajstić information content (AvgIpc) is 3.40. The van der Waals surface area contributed by atoms with Crippen LogP contribution in [0.25, 0.3) is 22.4 Å². The number of nitrogens with zero attached hydrogens (tertiary/aromatic N) is 3. The van der Waals surface area contributed by atoms with E-state index in [9.17, 15) is 9.18 Å². The van der Waals surface area contributed by atoms with Gasteiger partial charge in [0.15, 0.2) is 0 Å². The highest BCUT2D eigenvalue weighted by Crippen LogP contribution is 2.31. The zero-order valence-electron chi connectivity index (χ0n) is 14.9. The molecule has 138 valence electrons. The Hall–Kier alpha value is -2.93. The highest BCUT2D eigenvalue weighted by molar-refractivity contribution is 5.95. The third-order valence-electron chi connectivity index (χ3n) is 5.46. The number of aromatic nitrogens is 2. The van der Waals surface area contributed by atoms with Crippen molar-refractivity contribution in [1.82, 2.24) is 20.0 Å². The molecule has 2 saturated heterocycles. The summed E-state index contributed by atoms with van der Waals surface area (Å²) in [7, 11) is 1.59. The molecule has 2 fully saturated rings. The second kappa shape index (κ2) is 6.06. The number of methoxy groups -OCH3 is 1. The second-order valence-corrected chi connectivity index (χ2v) is 7.00. The van der Waals surface area contributed by atoms with Crippen molar-refractivity contribution < 1.29 is 13.9 Å². The lowest BCUT2D eigenvalue weighted by Gasteiger charge is -2.23. The minimum absolute atomic E-state index is 0.130. The van der Waals surface area contributed by atoms with Gasteiger partial charge in [0.2, 0.25) is 0 Å². The molecule has 1 amide bonds. The first-order chi connectivity index (χ1) is 13.1. The summed E-state index contributed by atoms with van der Waals surface area (Å²) in [6, 6.07) is 10.3. The Morgan fingerprint density at radius 3 is 2.70 bits per heavy atom. The second-order valence-electron chi connectivity index (χ2n) is 7.00. The van der Waals surface area contributed by atoms with Gasteiger partial charge in [-0.2, -0.15) is 0 Å². The molecule has 2 aromatic carbocycles. The number of nitrogens with one attached hydrogen (secondary N) is 1. The molecule has 0 radical (unpaired) electrons. The fraction of sp³-hybridized carbons (Fsp3) is 0.300. The van der Waals surface area contributed by atoms with Crippen LogP contribution in [0.2, 0.25) is 0 Å². The van der Waals surface area contributed by atoms with Crippen LogP contribution in [-0.4, -0.2) is 52.1 Å². The third kappa shape index (κ3) is 2.57. The summed E-state index contributed by atoms with van der Waals surface area (Å²) in [5.41, 5.74) is 2.20. The van der Waals surface area contributed by atoms with Gasteiger partial charge in [-0.1, -0.05) is 0 Å². The van der Waals surface area contributed by atoms with Gasteiger partial charge < -0.3 is 9.72 Å². The molecule has 0 saturated carbocycles. The Morgan fingerprint density at radius 1 is 1.22 bits per heavy atom. The first-order valence-electron chi connectivity index (χ1n) is 9.06. The molecule has 0 aliphatic carbocycles. The smallest absolute Gasteiger partial charge is 0.268 e. The van der Waals surface area contributed by atoms with Gasteiger partial charge >= 0.3 is 0 Å². The summed E-state index contributed by atoms with van der Waals surface area (Å²) in [6.07, 6.45) is 1.99. The largest absolute Gasteiger partial charge is 0.497 e. The molecule has 2 aliphatic heterocycles. The van der Waals surface area contributed by atoms with Crippen LogP contribution >= 0.6 is 0 Å². The van der Waals surface area contributed by atoms with Crippen molar-refractivity contribution in [2.45, 2.75) is 18.9 Å². The van der Waals surface area contributed by atoms with E-state index in [0.717, 1.165) is 37.0 Å². The van der Waals surface area contributed by atoms with Gasteiger partial charge in [-0.15, -0.1) is 0 Å². The molecule has 7 heteroatoms. The van der Waals surface area contributed by atoms with E-state index in [1.807, 2.05) is 18.2 Å². The molecule has 2 aliphatic rings. The number of hydrogen-bond donors (Lipinski definition) is 1. The normalized spacial score (nSPS) is 21.2. The van der Waals surface area contributed by atoms with Crippen LogP contribution < -0.4 is 4.74 Å². The average molecular weight is 366 g/mol. The molecule has 3 heterocycles. The number of benzene rings is 2. The van der Waals surface area contributed by atoms with Crippen LogP contribution in [0, 0.1) is 5.82 Å². The molecule has 0 unspecified atom stereocenters. The van der Waals surface area contributed by atoms with Crippen molar-refractivity contribution in [3.8, 4) is 17.1 Å². The van der Waals surface area contributed by atoms with Crippen LogP contribution in [0.15, 0.2) is 36.4 Å². The molecule has 1 aromatic heterocycles. The Kier molecular flexibility index (Phi) is 3.65. The van der Waals surface area contributed by atoms with Crippen molar-refractivity contribution >= 4 is 16.9 Å². The minimum atomic E-state index is -0.464. The van der Waals surface area contributed by atoms with Crippen molar-refractivity contribution in [1.29, 1.82) is 0 Å². The highest BCUT2D eigenvalue weighted by Gasteiger charge is 2.41. The van der Waals surface area contributed by atoms with Crippen molar-refractivity contribution in [3.05, 3.63) is 47.8 Å². The number of carbonyl (C=O) groups is 1. The molecular formula is C20H19FN4O2. The van der Waals surface area contributed by atoms with Crippen LogP contribution in [0.1, 0.15) is 23.2 Å². The quantitative estimate of drug-likeness (QED) is 0.773. The number of piperidine rings is 1. The molecule has 27 heavy (non-hydrogen) atoms. The van der Waals surface area contributed by atoms with E-state index in [1.54, 1.807) is 24.3 Å². The van der Waals surface area contributed by atoms with E-state index in [4.69, 9.17) is 4.74 Å². The van der Waals surface area contributed by atoms with Gasteiger partial charge in [0.05, 0.1) is 29.7 Å². The Bertz CT molecular complexity index is 1030. The van der Waals surface area contributed by atoms with Crippen LogP contribution in [0.4, 0.5) is 4.39 Å². The predicted octanol–water partition coefficient (Wildman–Crippen LogP) is 3.21. The number of halogens is 1. The fourth-order valence-corrected chi connectivity index (χ4v) is 4.05. The monoisotopic (exact) mass is 366 g/mol. The SMILES string of the molecule is COc1ccc2nc(-c3ccc(C(=O)N4C5CCN4CC5)cc3F)[nH]c2c1. The number of fused-ring (bicyclic) bond motifs is 3. The summed E-state index contributed by atoms with van der Waals surface area (Å²) in [5, 5.41) is 3.85. The number of ether oxygens (including phenoxy) is 1. The number of H-pyrrole nitrogens is 1. The van der Waals surface area contributed by atoms with Gasteiger partial charge in [0.25, 0.3) is 5.91 Å². The molecule has 6 nitrogen and oxygen atoms in total. The van der Waals surface area contributed by atoms with Gasteiger partial charge in [0.1, 0.15) is 17.4 Å². The summed E-state index contributed by atoms with van der Waals surface area (Å²) in [4.78, 5) is 20.4. The number of aromatic amines is 1. The summed E-state index contributed by atoms with van der Waals surface area (Å²) in [5.74, 6) is 0.539. The lowest BCUT2D eigenvalue weighted by molar-refractivity contribution is 0.0334. The lowest BCUT2D eigenvalue weighted by atomic mass is 10.1. The highest BCUT2D eigenvalue weighted by atomic mass is 19.1. The molecular weight excluding hydrogens is 347 g/mol. The maximum absolute atomic E-state index is 14.8. The standard InChI is InChI=1S/C20H19FN4O2/c1-27-14-3-5-17-18(11-14)23-19(22-17)15-4-2-12(10-16(15)21)20(26)25-13-6-8-24(25)9-7-13/h2-5,10-11,13H,6-9H2,1H3,(H,22,23). The zero-order chi connectivity index (χ0) is 18.5. The predicted molar refractivity (Wildman–Crippen MR) is 98.8 cm³/mol. The molecule has 0 atom stereocenters.